The smallest absolute Gasteiger partial charge is 0.0614 e. The van der Waals surface area contributed by atoms with E-state index in [-0.39, 0.29) is 12.7 Å². The first kappa shape index (κ1) is 9.66. The van der Waals surface area contributed by atoms with E-state index in [1.54, 1.807) is 13.2 Å². The summed E-state index contributed by atoms with van der Waals surface area (Å²) in [5, 5.41) is 8.51. The highest BCUT2D eigenvalue weighted by Gasteiger charge is 1.98. The molecule has 0 saturated heterocycles. The third-order valence-electron chi connectivity index (χ3n) is 1.45. The highest BCUT2D eigenvalue weighted by molar-refractivity contribution is 4.98. The van der Waals surface area contributed by atoms with Crippen LogP contribution >= 0.6 is 0 Å². The lowest BCUT2D eigenvalue weighted by Crippen LogP contribution is -2.04. The molecule has 1 unspecified atom stereocenters. The van der Waals surface area contributed by atoms with E-state index in [4.69, 9.17) is 9.84 Å². The first-order valence-corrected chi connectivity index (χ1v) is 3.50. The average Bonchev–Trinajstić information content (AvgIpc) is 1.88. The van der Waals surface area contributed by atoms with E-state index in [1.807, 2.05) is 13.8 Å². The molecule has 60 valence electrons. The highest BCUT2D eigenvalue weighted by atomic mass is 16.5. The summed E-state index contributed by atoms with van der Waals surface area (Å²) in [5.74, 6) is 0. The van der Waals surface area contributed by atoms with E-state index in [0.29, 0.717) is 0 Å². The van der Waals surface area contributed by atoms with Crippen molar-refractivity contribution < 1.29 is 9.84 Å². The predicted octanol–water partition coefficient (Wildman–Crippen LogP) is 1.35. The second kappa shape index (κ2) is 5.45. The minimum atomic E-state index is 0.127. The number of hydrogen-bond acceptors (Lipinski definition) is 2. The SMILES string of the molecule is COC(C)CC(C)=CCO. The van der Waals surface area contributed by atoms with Gasteiger partial charge in [0.1, 0.15) is 0 Å². The molecule has 0 radical (unpaired) electrons. The summed E-state index contributed by atoms with van der Waals surface area (Å²) in [6.45, 7) is 4.13. The fraction of sp³-hybridized carbons (Fsp3) is 0.750. The van der Waals surface area contributed by atoms with E-state index < -0.39 is 0 Å². The quantitative estimate of drug-likeness (QED) is 0.603. The molecule has 0 aromatic heterocycles. The number of ether oxygens (including phenoxy) is 1. The zero-order valence-electron chi connectivity index (χ0n) is 6.92. The van der Waals surface area contributed by atoms with Crippen LogP contribution in [0.4, 0.5) is 0 Å². The molecule has 2 heteroatoms. The molecule has 1 atom stereocenters. The molecule has 0 fully saturated rings. The van der Waals surface area contributed by atoms with Gasteiger partial charge in [0.15, 0.2) is 0 Å². The second-order valence-electron chi connectivity index (χ2n) is 2.48. The second-order valence-corrected chi connectivity index (χ2v) is 2.48. The van der Waals surface area contributed by atoms with Gasteiger partial charge in [-0.15, -0.1) is 0 Å². The molecule has 10 heavy (non-hydrogen) atoms. The third kappa shape index (κ3) is 4.53. The van der Waals surface area contributed by atoms with Crippen molar-refractivity contribution in [3.05, 3.63) is 11.6 Å². The fourth-order valence-corrected chi connectivity index (χ4v) is 0.776. The fourth-order valence-electron chi connectivity index (χ4n) is 0.776. The molecule has 1 N–H and O–H groups in total. The Labute approximate surface area is 62.5 Å². The van der Waals surface area contributed by atoms with Crippen molar-refractivity contribution in [1.82, 2.24) is 0 Å². The van der Waals surface area contributed by atoms with Gasteiger partial charge in [0.05, 0.1) is 12.7 Å². The van der Waals surface area contributed by atoms with Crippen LogP contribution in [0.3, 0.4) is 0 Å². The summed E-state index contributed by atoms with van der Waals surface area (Å²) in [5.41, 5.74) is 1.18. The van der Waals surface area contributed by atoms with E-state index >= 15 is 0 Å². The molecule has 2 nitrogen and oxygen atoms in total. The van der Waals surface area contributed by atoms with Crippen molar-refractivity contribution in [3.8, 4) is 0 Å². The van der Waals surface area contributed by atoms with Crippen LogP contribution < -0.4 is 0 Å². The lowest BCUT2D eigenvalue weighted by molar-refractivity contribution is 0.118. The van der Waals surface area contributed by atoms with Crippen LogP contribution in [0.1, 0.15) is 20.3 Å². The molecular formula is C8H16O2. The Morgan fingerprint density at radius 1 is 1.70 bits per heavy atom. The number of hydrogen-bond donors (Lipinski definition) is 1. The lowest BCUT2D eigenvalue weighted by Gasteiger charge is -2.08. The van der Waals surface area contributed by atoms with Crippen LogP contribution in [0.2, 0.25) is 0 Å². The van der Waals surface area contributed by atoms with E-state index in [2.05, 4.69) is 0 Å². The van der Waals surface area contributed by atoms with Crippen LogP contribution in [0.5, 0.6) is 0 Å². The minimum Gasteiger partial charge on any atom is -0.392 e. The maximum atomic E-state index is 8.51. The molecule has 0 aliphatic heterocycles. The number of rotatable bonds is 4. The standard InChI is InChI=1S/C8H16O2/c1-7(4-5-9)6-8(2)10-3/h4,8-9H,5-6H2,1-3H3. The summed E-state index contributed by atoms with van der Waals surface area (Å²) >= 11 is 0. The van der Waals surface area contributed by atoms with Gasteiger partial charge in [-0.2, -0.15) is 0 Å². The molecule has 0 heterocycles. The predicted molar refractivity (Wildman–Crippen MR) is 41.9 cm³/mol. The number of aliphatic hydroxyl groups excluding tert-OH is 1. The monoisotopic (exact) mass is 144 g/mol. The zero-order valence-corrected chi connectivity index (χ0v) is 6.92. The van der Waals surface area contributed by atoms with E-state index in [0.717, 1.165) is 6.42 Å². The molecule has 0 bridgehead atoms. The van der Waals surface area contributed by atoms with Crippen molar-refractivity contribution >= 4 is 0 Å². The van der Waals surface area contributed by atoms with Gasteiger partial charge in [-0.05, 0) is 20.3 Å². The molecule has 0 spiro atoms. The Morgan fingerprint density at radius 3 is 2.70 bits per heavy atom. The van der Waals surface area contributed by atoms with Gasteiger partial charge in [0.2, 0.25) is 0 Å². The highest BCUT2D eigenvalue weighted by Crippen LogP contribution is 2.05. The van der Waals surface area contributed by atoms with Crippen LogP contribution in [0, 0.1) is 0 Å². The molecular weight excluding hydrogens is 128 g/mol. The van der Waals surface area contributed by atoms with Crippen molar-refractivity contribution in [1.29, 1.82) is 0 Å². The van der Waals surface area contributed by atoms with Gasteiger partial charge >= 0.3 is 0 Å². The topological polar surface area (TPSA) is 29.5 Å². The molecule has 0 aliphatic rings. The number of methoxy groups -OCH3 is 1. The average molecular weight is 144 g/mol. The summed E-state index contributed by atoms with van der Waals surface area (Å²) in [7, 11) is 1.69. The Balaban J connectivity index is 3.56. The Hall–Kier alpha value is -0.340. The van der Waals surface area contributed by atoms with Crippen LogP contribution in [-0.4, -0.2) is 24.9 Å². The van der Waals surface area contributed by atoms with Crippen molar-refractivity contribution in [2.24, 2.45) is 0 Å². The molecule has 0 aromatic carbocycles. The molecule has 0 saturated carbocycles. The molecule has 0 aliphatic carbocycles. The normalized spacial score (nSPS) is 15.4. The Morgan fingerprint density at radius 2 is 2.30 bits per heavy atom. The van der Waals surface area contributed by atoms with Gasteiger partial charge < -0.3 is 9.84 Å². The third-order valence-corrected chi connectivity index (χ3v) is 1.45. The first-order chi connectivity index (χ1) is 4.70. The zero-order chi connectivity index (χ0) is 7.98. The van der Waals surface area contributed by atoms with E-state index in [9.17, 15) is 0 Å². The van der Waals surface area contributed by atoms with Gasteiger partial charge in [0, 0.05) is 7.11 Å². The summed E-state index contributed by atoms with van der Waals surface area (Å²) in [4.78, 5) is 0. The summed E-state index contributed by atoms with van der Waals surface area (Å²) in [6, 6.07) is 0. The number of aliphatic hydroxyl groups is 1. The molecule has 0 rings (SSSR count). The van der Waals surface area contributed by atoms with Crippen molar-refractivity contribution in [2.75, 3.05) is 13.7 Å². The lowest BCUT2D eigenvalue weighted by atomic mass is 10.1. The van der Waals surface area contributed by atoms with Gasteiger partial charge in [-0.3, -0.25) is 0 Å². The maximum Gasteiger partial charge on any atom is 0.0614 e. The van der Waals surface area contributed by atoms with Crippen LogP contribution in [0.25, 0.3) is 0 Å². The van der Waals surface area contributed by atoms with Crippen molar-refractivity contribution in [3.63, 3.8) is 0 Å². The summed E-state index contributed by atoms with van der Waals surface area (Å²) in [6.07, 6.45) is 2.95. The largest absolute Gasteiger partial charge is 0.392 e. The van der Waals surface area contributed by atoms with E-state index in [1.165, 1.54) is 5.57 Å². The van der Waals surface area contributed by atoms with Gasteiger partial charge in [0.25, 0.3) is 0 Å². The van der Waals surface area contributed by atoms with Crippen molar-refractivity contribution in [2.45, 2.75) is 26.4 Å². The molecule has 0 aromatic rings. The van der Waals surface area contributed by atoms with Crippen LogP contribution in [-0.2, 0) is 4.74 Å². The van der Waals surface area contributed by atoms with Gasteiger partial charge in [-0.25, -0.2) is 0 Å². The molecule has 0 amide bonds. The minimum absolute atomic E-state index is 0.127. The summed E-state index contributed by atoms with van der Waals surface area (Å²) < 4.78 is 5.04. The van der Waals surface area contributed by atoms with Crippen LogP contribution in [0.15, 0.2) is 11.6 Å². The van der Waals surface area contributed by atoms with Gasteiger partial charge in [-0.1, -0.05) is 11.6 Å². The first-order valence-electron chi connectivity index (χ1n) is 3.50. The Bertz CT molecular complexity index is 108. The maximum absolute atomic E-state index is 8.51. The Kier molecular flexibility index (Phi) is 5.26.